The second-order valence-electron chi connectivity index (χ2n) is 13.5. The van der Waals surface area contributed by atoms with E-state index >= 15 is 0 Å². The summed E-state index contributed by atoms with van der Waals surface area (Å²) in [7, 11) is 2.22. The number of anilines is 4. The zero-order chi connectivity index (χ0) is 30.5. The van der Waals surface area contributed by atoms with Gasteiger partial charge in [-0.05, 0) is 75.4 Å². The van der Waals surface area contributed by atoms with E-state index in [0.29, 0.717) is 17.9 Å². The van der Waals surface area contributed by atoms with Gasteiger partial charge in [-0.1, -0.05) is 24.3 Å². The summed E-state index contributed by atoms with van der Waals surface area (Å²) in [5.41, 5.74) is 11.2. The van der Waals surface area contributed by atoms with Gasteiger partial charge in [-0.3, -0.25) is 9.69 Å². The number of aromatic nitrogens is 2. The number of likely N-dealkylation sites (N-methyl/N-ethyl adjacent to an activating group) is 1. The van der Waals surface area contributed by atoms with E-state index in [9.17, 15) is 4.79 Å². The normalized spacial score (nSPS) is 22.2. The molecule has 4 aliphatic heterocycles. The molecular weight excluding hydrogens is 564 g/mol. The standard InChI is InChI=1S/C35H44N8O2/c1-40-18-20-42(21-19-40)26-10-16-41(17-11-26)25-8-6-24(7-9-25)37-33-31(32(36)44)38-30-28-4-2-3-5-29(28)35(14-15-35)43(34(30)39-33)27-12-22-45-23-13-27/h2-9,26-27H,10-23H2,1H3,(H2,36,44)(H,37,39). The molecule has 5 heterocycles. The quantitative estimate of drug-likeness (QED) is 0.427. The van der Waals surface area contributed by atoms with Crippen molar-refractivity contribution in [2.45, 2.75) is 56.1 Å². The van der Waals surface area contributed by atoms with Crippen LogP contribution in [0.15, 0.2) is 48.5 Å². The fourth-order valence-electron chi connectivity index (χ4n) is 8.13. The van der Waals surface area contributed by atoms with Gasteiger partial charge in [-0.25, -0.2) is 9.97 Å². The van der Waals surface area contributed by atoms with Gasteiger partial charge < -0.3 is 30.5 Å². The van der Waals surface area contributed by atoms with Crippen molar-refractivity contribution in [1.29, 1.82) is 0 Å². The van der Waals surface area contributed by atoms with Crippen LogP contribution >= 0.6 is 0 Å². The molecule has 3 aromatic rings. The molecule has 0 radical (unpaired) electrons. The van der Waals surface area contributed by atoms with Gasteiger partial charge in [-0.2, -0.15) is 0 Å². The Labute approximate surface area is 265 Å². The third-order valence-electron chi connectivity index (χ3n) is 10.8. The molecule has 236 valence electrons. The molecule has 2 aromatic carbocycles. The number of ether oxygens (including phenoxy) is 1. The molecular formula is C35H44N8O2. The lowest BCUT2D eigenvalue weighted by molar-refractivity contribution is 0.0815. The van der Waals surface area contributed by atoms with E-state index in [1.165, 1.54) is 50.3 Å². The number of carbonyl (C=O) groups excluding carboxylic acids is 1. The molecule has 0 bridgehead atoms. The Morgan fingerprint density at radius 3 is 2.29 bits per heavy atom. The SMILES string of the molecule is CN1CCN(C2CCN(c3ccc(Nc4nc5c(nc4C(N)=O)-c4ccccc4C4(CC4)N5C4CCOCC4)cc3)CC2)CC1. The molecule has 10 nitrogen and oxygen atoms in total. The highest BCUT2D eigenvalue weighted by Gasteiger charge is 2.56. The van der Waals surface area contributed by atoms with E-state index in [1.54, 1.807) is 0 Å². The van der Waals surface area contributed by atoms with Crippen LogP contribution in [0.25, 0.3) is 11.3 Å². The fourth-order valence-corrected chi connectivity index (χ4v) is 8.13. The third-order valence-corrected chi connectivity index (χ3v) is 10.8. The zero-order valence-electron chi connectivity index (χ0n) is 26.3. The molecule has 3 saturated heterocycles. The Kier molecular flexibility index (Phi) is 7.38. The van der Waals surface area contributed by atoms with E-state index in [1.807, 2.05) is 6.07 Å². The Hall–Kier alpha value is -3.73. The predicted molar refractivity (Wildman–Crippen MR) is 177 cm³/mol. The molecule has 5 aliphatic rings. The molecule has 4 fully saturated rings. The minimum absolute atomic E-state index is 0.0781. The van der Waals surface area contributed by atoms with Crippen molar-refractivity contribution in [3.63, 3.8) is 0 Å². The van der Waals surface area contributed by atoms with Gasteiger partial charge in [0.25, 0.3) is 5.91 Å². The first kappa shape index (κ1) is 28.7. The van der Waals surface area contributed by atoms with Crippen LogP contribution in [0.5, 0.6) is 0 Å². The van der Waals surface area contributed by atoms with Crippen LogP contribution in [-0.2, 0) is 10.3 Å². The molecule has 3 N–H and O–H groups in total. The van der Waals surface area contributed by atoms with Crippen LogP contribution in [-0.4, -0.2) is 97.3 Å². The van der Waals surface area contributed by atoms with Gasteiger partial charge >= 0.3 is 0 Å². The number of benzene rings is 2. The maximum absolute atomic E-state index is 12.8. The predicted octanol–water partition coefficient (Wildman–Crippen LogP) is 4.19. The van der Waals surface area contributed by atoms with E-state index in [0.717, 1.165) is 74.7 Å². The Balaban J connectivity index is 1.05. The average molecular weight is 609 g/mol. The van der Waals surface area contributed by atoms with Gasteiger partial charge in [0.15, 0.2) is 17.3 Å². The van der Waals surface area contributed by atoms with Crippen molar-refractivity contribution < 1.29 is 9.53 Å². The largest absolute Gasteiger partial charge is 0.381 e. The first-order chi connectivity index (χ1) is 22.0. The van der Waals surface area contributed by atoms with Crippen LogP contribution in [0, 0.1) is 0 Å². The van der Waals surface area contributed by atoms with Crippen molar-refractivity contribution in [3.8, 4) is 11.3 Å². The van der Waals surface area contributed by atoms with E-state index in [2.05, 4.69) is 74.4 Å². The van der Waals surface area contributed by atoms with Crippen molar-refractivity contribution in [2.75, 3.05) is 74.6 Å². The number of primary amides is 1. The van der Waals surface area contributed by atoms with Crippen LogP contribution in [0.1, 0.15) is 54.6 Å². The highest BCUT2D eigenvalue weighted by Crippen LogP contribution is 2.60. The lowest BCUT2D eigenvalue weighted by atomic mass is 9.88. The number of hydrogen-bond acceptors (Lipinski definition) is 9. The molecule has 45 heavy (non-hydrogen) atoms. The average Bonchev–Trinajstić information content (AvgIpc) is 3.87. The summed E-state index contributed by atoms with van der Waals surface area (Å²) in [5.74, 6) is 0.661. The number of hydrogen-bond donors (Lipinski definition) is 2. The van der Waals surface area contributed by atoms with Crippen molar-refractivity contribution >= 4 is 28.9 Å². The monoisotopic (exact) mass is 608 g/mol. The summed E-state index contributed by atoms with van der Waals surface area (Å²) >= 11 is 0. The number of nitrogens with zero attached hydrogens (tertiary/aromatic N) is 6. The van der Waals surface area contributed by atoms with Crippen molar-refractivity contribution in [3.05, 3.63) is 59.8 Å². The summed E-state index contributed by atoms with van der Waals surface area (Å²) in [5, 5.41) is 3.43. The Morgan fingerprint density at radius 1 is 0.889 bits per heavy atom. The molecule has 1 saturated carbocycles. The number of rotatable bonds is 6. The second kappa shape index (κ2) is 11.6. The van der Waals surface area contributed by atoms with Crippen molar-refractivity contribution in [2.24, 2.45) is 5.73 Å². The lowest BCUT2D eigenvalue weighted by Crippen LogP contribution is -2.52. The van der Waals surface area contributed by atoms with Crippen LogP contribution < -0.4 is 20.9 Å². The number of nitrogens with one attached hydrogen (secondary N) is 1. The Morgan fingerprint density at radius 2 is 1.60 bits per heavy atom. The third kappa shape index (κ3) is 5.22. The van der Waals surface area contributed by atoms with Gasteiger partial charge in [0.1, 0.15) is 5.69 Å². The Bertz CT molecular complexity index is 1550. The van der Waals surface area contributed by atoms with E-state index < -0.39 is 5.91 Å². The van der Waals surface area contributed by atoms with Gasteiger partial charge in [0.2, 0.25) is 0 Å². The molecule has 8 rings (SSSR count). The van der Waals surface area contributed by atoms with E-state index in [4.69, 9.17) is 20.4 Å². The highest BCUT2D eigenvalue weighted by atomic mass is 16.5. The second-order valence-corrected chi connectivity index (χ2v) is 13.5. The van der Waals surface area contributed by atoms with Gasteiger partial charge in [-0.15, -0.1) is 0 Å². The molecule has 1 aliphatic carbocycles. The number of nitrogens with two attached hydrogens (primary N) is 1. The number of fused-ring (bicyclic) bond motifs is 4. The van der Waals surface area contributed by atoms with Crippen LogP contribution in [0.4, 0.5) is 23.0 Å². The minimum atomic E-state index is -0.588. The lowest BCUT2D eigenvalue weighted by Gasteiger charge is -2.45. The molecule has 1 aromatic heterocycles. The number of amides is 1. The summed E-state index contributed by atoms with van der Waals surface area (Å²) in [6, 6.07) is 17.9. The maximum Gasteiger partial charge on any atom is 0.271 e. The zero-order valence-corrected chi connectivity index (χ0v) is 26.3. The fraction of sp³-hybridized carbons (Fsp3) is 0.514. The molecule has 1 spiro atoms. The topological polar surface area (TPSA) is 103 Å². The van der Waals surface area contributed by atoms with Crippen LogP contribution in [0.3, 0.4) is 0 Å². The summed E-state index contributed by atoms with van der Waals surface area (Å²) < 4.78 is 5.74. The highest BCUT2D eigenvalue weighted by molar-refractivity contribution is 5.98. The molecule has 0 atom stereocenters. The van der Waals surface area contributed by atoms with Gasteiger partial charge in [0, 0.05) is 81.5 Å². The summed E-state index contributed by atoms with van der Waals surface area (Å²) in [6.45, 7) is 8.32. The molecule has 0 unspecified atom stereocenters. The minimum Gasteiger partial charge on any atom is -0.381 e. The first-order valence-electron chi connectivity index (χ1n) is 16.7. The number of carbonyl (C=O) groups is 1. The number of piperidine rings is 1. The van der Waals surface area contributed by atoms with Gasteiger partial charge in [0.05, 0.1) is 5.54 Å². The first-order valence-corrected chi connectivity index (χ1v) is 16.7. The molecule has 1 amide bonds. The van der Waals surface area contributed by atoms with Crippen LogP contribution in [0.2, 0.25) is 0 Å². The van der Waals surface area contributed by atoms with E-state index in [-0.39, 0.29) is 11.2 Å². The summed E-state index contributed by atoms with van der Waals surface area (Å²) in [6.07, 6.45) is 6.45. The summed E-state index contributed by atoms with van der Waals surface area (Å²) in [4.78, 5) is 33.0. The van der Waals surface area contributed by atoms with Crippen molar-refractivity contribution in [1.82, 2.24) is 19.8 Å². The molecule has 10 heteroatoms. The smallest absolute Gasteiger partial charge is 0.271 e. The number of piperazine rings is 1. The maximum atomic E-state index is 12.8.